The van der Waals surface area contributed by atoms with Crippen LogP contribution in [0.2, 0.25) is 0 Å². The Labute approximate surface area is 127 Å². The minimum atomic E-state index is -0.354. The number of rotatable bonds is 4. The Balaban J connectivity index is 1.90. The van der Waals surface area contributed by atoms with E-state index in [9.17, 15) is 10.1 Å². The predicted octanol–water partition coefficient (Wildman–Crippen LogP) is 5.12. The van der Waals surface area contributed by atoms with E-state index >= 15 is 0 Å². The first-order valence-corrected chi connectivity index (χ1v) is 8.11. The lowest BCUT2D eigenvalue weighted by Crippen LogP contribution is -1.80. The number of ether oxygens (including phenoxy) is 1. The van der Waals surface area contributed by atoms with E-state index in [0.717, 1.165) is 24.6 Å². The molecule has 3 heterocycles. The first kappa shape index (κ1) is 13.3. The Bertz CT molecular complexity index is 756. The normalized spacial score (nSPS) is 10.7. The summed E-state index contributed by atoms with van der Waals surface area (Å²) < 4.78 is 5.19. The molecule has 102 valence electrons. The summed E-state index contributed by atoms with van der Waals surface area (Å²) in [6.45, 7) is 0. The molecule has 0 spiro atoms. The van der Waals surface area contributed by atoms with E-state index in [4.69, 9.17) is 4.74 Å². The number of methoxy groups -OCH3 is 1. The van der Waals surface area contributed by atoms with E-state index in [1.807, 2.05) is 24.3 Å². The average molecular weight is 323 g/mol. The molecule has 4 nitrogen and oxygen atoms in total. The average Bonchev–Trinajstić information content (AvgIpc) is 3.17. The Morgan fingerprint density at radius 3 is 2.00 bits per heavy atom. The molecule has 0 N–H and O–H groups in total. The molecule has 20 heavy (non-hydrogen) atoms. The highest BCUT2D eigenvalue weighted by atomic mass is 32.1. The van der Waals surface area contributed by atoms with Gasteiger partial charge in [-0.1, -0.05) is 22.7 Å². The fourth-order valence-corrected chi connectivity index (χ4v) is 4.55. The van der Waals surface area contributed by atoms with Crippen molar-refractivity contribution in [2.75, 3.05) is 7.11 Å². The second-order valence-corrected chi connectivity index (χ2v) is 7.07. The molecule has 0 aliphatic rings. The number of thiophene rings is 3. The maximum Gasteiger partial charge on any atom is 0.324 e. The Morgan fingerprint density at radius 1 is 0.900 bits per heavy atom. The number of hydrogen-bond donors (Lipinski definition) is 0. The van der Waals surface area contributed by atoms with Gasteiger partial charge in [-0.15, -0.1) is 11.3 Å². The van der Waals surface area contributed by atoms with Gasteiger partial charge < -0.3 is 4.74 Å². The van der Waals surface area contributed by atoms with Crippen molar-refractivity contribution in [2.45, 2.75) is 0 Å². The molecule has 0 fully saturated rings. The monoisotopic (exact) mass is 323 g/mol. The van der Waals surface area contributed by atoms with Gasteiger partial charge >= 0.3 is 5.00 Å². The summed E-state index contributed by atoms with van der Waals surface area (Å²) in [4.78, 5) is 14.6. The predicted molar refractivity (Wildman–Crippen MR) is 84.2 cm³/mol. The van der Waals surface area contributed by atoms with Crippen LogP contribution in [0, 0.1) is 10.1 Å². The summed E-state index contributed by atoms with van der Waals surface area (Å²) in [5.74, 6) is 0. The number of nitrogens with zero attached hydrogens (tertiary/aromatic N) is 1. The molecule has 7 heteroatoms. The van der Waals surface area contributed by atoms with Gasteiger partial charge in [0, 0.05) is 20.7 Å². The second-order valence-electron chi connectivity index (χ2n) is 3.88. The lowest BCUT2D eigenvalue weighted by molar-refractivity contribution is -0.380. The van der Waals surface area contributed by atoms with Crippen molar-refractivity contribution in [1.29, 1.82) is 0 Å². The minimum Gasteiger partial charge on any atom is -0.487 e. The van der Waals surface area contributed by atoms with Crippen LogP contribution in [-0.2, 0) is 0 Å². The molecule has 3 rings (SSSR count). The zero-order valence-corrected chi connectivity index (χ0v) is 12.8. The van der Waals surface area contributed by atoms with Gasteiger partial charge in [0.1, 0.15) is 0 Å². The van der Waals surface area contributed by atoms with E-state index in [1.165, 1.54) is 11.3 Å². The molecule has 0 aromatic carbocycles. The molecule has 3 aromatic rings. The fourth-order valence-electron chi connectivity index (χ4n) is 1.72. The molecule has 0 bridgehead atoms. The van der Waals surface area contributed by atoms with Crippen LogP contribution < -0.4 is 4.74 Å². The largest absolute Gasteiger partial charge is 0.487 e. The third-order valence-electron chi connectivity index (χ3n) is 2.65. The van der Waals surface area contributed by atoms with Gasteiger partial charge in [-0.2, -0.15) is 0 Å². The van der Waals surface area contributed by atoms with Crippen LogP contribution in [0.3, 0.4) is 0 Å². The highest BCUT2D eigenvalue weighted by Crippen LogP contribution is 2.42. The van der Waals surface area contributed by atoms with Crippen molar-refractivity contribution in [2.24, 2.45) is 0 Å². The van der Waals surface area contributed by atoms with Crippen molar-refractivity contribution in [3.8, 4) is 24.6 Å². The Kier molecular flexibility index (Phi) is 3.56. The molecule has 0 atom stereocenters. The standard InChI is InChI=1S/C13H9NO3S3/c1-17-13-7-5-11(20-13)9-3-2-8(18-9)10-4-6-12(19-10)14(15)16/h2-7H,1H3. The van der Waals surface area contributed by atoms with E-state index in [1.54, 1.807) is 41.9 Å². The number of hydrogen-bond acceptors (Lipinski definition) is 6. The van der Waals surface area contributed by atoms with Crippen molar-refractivity contribution >= 4 is 39.0 Å². The van der Waals surface area contributed by atoms with Crippen molar-refractivity contribution in [3.63, 3.8) is 0 Å². The summed E-state index contributed by atoms with van der Waals surface area (Å²) in [6, 6.07) is 11.4. The Morgan fingerprint density at radius 2 is 1.45 bits per heavy atom. The van der Waals surface area contributed by atoms with Gasteiger partial charge in [-0.25, -0.2) is 0 Å². The SMILES string of the molecule is COc1ccc(-c2ccc(-c3ccc([N+](=O)[O-])s3)s2)s1. The molecule has 0 radical (unpaired) electrons. The van der Waals surface area contributed by atoms with E-state index in [0.29, 0.717) is 0 Å². The maximum absolute atomic E-state index is 10.7. The van der Waals surface area contributed by atoms with Crippen LogP contribution in [-0.4, -0.2) is 12.0 Å². The molecule has 0 saturated heterocycles. The summed E-state index contributed by atoms with van der Waals surface area (Å²) in [7, 11) is 1.65. The van der Waals surface area contributed by atoms with Crippen LogP contribution in [0.15, 0.2) is 36.4 Å². The summed E-state index contributed by atoms with van der Waals surface area (Å²) in [6.07, 6.45) is 0. The fraction of sp³-hybridized carbons (Fsp3) is 0.0769. The first-order valence-electron chi connectivity index (χ1n) is 5.66. The van der Waals surface area contributed by atoms with Crippen LogP contribution >= 0.6 is 34.0 Å². The molecule has 0 amide bonds. The third kappa shape index (κ3) is 2.47. The van der Waals surface area contributed by atoms with Crippen LogP contribution in [0.25, 0.3) is 19.5 Å². The van der Waals surface area contributed by atoms with Gasteiger partial charge in [0.25, 0.3) is 0 Å². The molecule has 3 aromatic heterocycles. The van der Waals surface area contributed by atoms with Crippen molar-refractivity contribution in [3.05, 3.63) is 46.5 Å². The van der Waals surface area contributed by atoms with Gasteiger partial charge in [-0.3, -0.25) is 10.1 Å². The zero-order chi connectivity index (χ0) is 14.1. The quantitative estimate of drug-likeness (QED) is 0.494. The number of nitro groups is 1. The highest BCUT2D eigenvalue weighted by molar-refractivity contribution is 7.27. The zero-order valence-electron chi connectivity index (χ0n) is 10.4. The van der Waals surface area contributed by atoms with Gasteiger partial charge in [0.05, 0.1) is 16.9 Å². The maximum atomic E-state index is 10.7. The Hall–Kier alpha value is -1.70. The second kappa shape index (κ2) is 5.35. The minimum absolute atomic E-state index is 0.174. The smallest absolute Gasteiger partial charge is 0.324 e. The van der Waals surface area contributed by atoms with E-state index < -0.39 is 0 Å². The topological polar surface area (TPSA) is 52.4 Å². The van der Waals surface area contributed by atoms with Crippen molar-refractivity contribution < 1.29 is 9.66 Å². The summed E-state index contributed by atoms with van der Waals surface area (Å²) in [5.41, 5.74) is 0. The third-order valence-corrected chi connectivity index (χ3v) is 6.21. The molecular formula is C13H9NO3S3. The van der Waals surface area contributed by atoms with Gasteiger partial charge in [-0.05, 0) is 30.3 Å². The molecule has 0 saturated carbocycles. The molecular weight excluding hydrogens is 314 g/mol. The van der Waals surface area contributed by atoms with Crippen LogP contribution in [0.1, 0.15) is 0 Å². The molecule has 0 unspecified atom stereocenters. The summed E-state index contributed by atoms with van der Waals surface area (Å²) >= 11 is 4.42. The van der Waals surface area contributed by atoms with E-state index in [2.05, 4.69) is 0 Å². The van der Waals surface area contributed by atoms with Gasteiger partial charge in [0.15, 0.2) is 5.06 Å². The molecule has 0 aliphatic heterocycles. The van der Waals surface area contributed by atoms with Crippen LogP contribution in [0.4, 0.5) is 5.00 Å². The van der Waals surface area contributed by atoms with Gasteiger partial charge in [0.2, 0.25) is 0 Å². The lowest BCUT2D eigenvalue weighted by Gasteiger charge is -1.91. The summed E-state index contributed by atoms with van der Waals surface area (Å²) in [5, 5.41) is 11.8. The first-order chi connectivity index (χ1) is 9.67. The highest BCUT2D eigenvalue weighted by Gasteiger charge is 2.13. The van der Waals surface area contributed by atoms with E-state index in [-0.39, 0.29) is 9.92 Å². The van der Waals surface area contributed by atoms with Crippen LogP contribution in [0.5, 0.6) is 5.06 Å². The lowest BCUT2D eigenvalue weighted by atomic mass is 10.3. The van der Waals surface area contributed by atoms with Crippen molar-refractivity contribution in [1.82, 2.24) is 0 Å². The molecule has 0 aliphatic carbocycles.